The molecule has 4 unspecified atom stereocenters. The van der Waals surface area contributed by atoms with Crippen molar-refractivity contribution in [3.05, 3.63) is 252 Å². The molecule has 8 aromatic carbocycles. The minimum atomic E-state index is -0.923. The predicted octanol–water partition coefficient (Wildman–Crippen LogP) is 22.1. The van der Waals surface area contributed by atoms with Gasteiger partial charge in [0.2, 0.25) is 22.6 Å². The summed E-state index contributed by atoms with van der Waals surface area (Å²) >= 11 is 0. The van der Waals surface area contributed by atoms with E-state index in [2.05, 4.69) is 212 Å². The zero-order valence-corrected chi connectivity index (χ0v) is 62.6. The Balaban J connectivity index is 0.000000358. The van der Waals surface area contributed by atoms with Gasteiger partial charge in [-0.05, 0) is 122 Å². The van der Waals surface area contributed by atoms with E-state index < -0.39 is 5.91 Å². The number of fused-ring (bicyclic) bond motifs is 12. The van der Waals surface area contributed by atoms with Gasteiger partial charge in [-0.1, -0.05) is 283 Å². The number of hydrogen-bond acceptors (Lipinski definition) is 4. The van der Waals surface area contributed by atoms with Gasteiger partial charge in [-0.15, -0.1) is 9.15 Å². The van der Waals surface area contributed by atoms with Gasteiger partial charge in [0, 0.05) is 41.1 Å². The zero-order valence-electron chi connectivity index (χ0n) is 59.3. The quantitative estimate of drug-likeness (QED) is 0.125. The number of nitrogens with zero attached hydrogens (tertiary/aromatic N) is 8. The van der Waals surface area contributed by atoms with Crippen LogP contribution >= 0.6 is 41.9 Å². The second-order valence-corrected chi connectivity index (χ2v) is 25.9. The lowest BCUT2D eigenvalue weighted by molar-refractivity contribution is -0.790. The molecular formula is C82H108N8S4+2. The molecule has 0 saturated heterocycles. The van der Waals surface area contributed by atoms with Crippen LogP contribution in [0, 0.1) is 0 Å². The first-order chi connectivity index (χ1) is 45.6. The van der Waals surface area contributed by atoms with Crippen molar-refractivity contribution in [1.29, 1.82) is 0 Å². The molecule has 94 heavy (non-hydrogen) atoms. The minimum Gasteiger partial charge on any atom is -0.192 e. The average molecular weight is 1330 g/mol. The van der Waals surface area contributed by atoms with Crippen LogP contribution in [-0.4, -0.2) is 90.1 Å². The van der Waals surface area contributed by atoms with E-state index >= 15 is 0 Å². The SMILES string of the molecule is C.C=S(C)c1ccccc1.C=S(C)c1ccccc1.C=S(C)c1ccccc1.C=S(C)c1ccccc1.CC.CC.CC.CC.CC.CC.CC.CC.c1ccc2c(c1)C1=Nc3c4ccccc4c4n3C35n6c(c7ccccc7c6=NC6=[N+]3C(=N4)c3ccccc36)=NC2=[N+]15. The summed E-state index contributed by atoms with van der Waals surface area (Å²) in [6, 6.07) is 75.3. The molecule has 16 rings (SSSR count). The summed E-state index contributed by atoms with van der Waals surface area (Å²) in [5.74, 6) is 20.2. The van der Waals surface area contributed by atoms with Crippen LogP contribution in [0.15, 0.2) is 258 Å². The Hall–Kier alpha value is -8.00. The number of rotatable bonds is 4. The molecule has 0 saturated carbocycles. The standard InChI is InChI=1S/C33H16N8.4C8H10S.8C2H6.CH4/c1-2-10-18-17(9-1)25-34-27-19-11-3-4-12-20(19)29-36-31-23-15-7-8-16-24(23)32-37-30-22-14-6-5-13-21(22)28-35-26(18)38(25)33(39(27)29,40(28)30)41(31)32;4*1-9(2)8-6-4-3-5-7-8;8*1-2;/h1-16H;4*3-7H,1H2,2H3;8*1-2H3;1H4/q+2;;;;;;;;;;;;;. The third kappa shape index (κ3) is 16.4. The highest BCUT2D eigenvalue weighted by Gasteiger charge is 2.69. The molecule has 0 fully saturated rings. The van der Waals surface area contributed by atoms with Gasteiger partial charge in [0.1, 0.15) is 0 Å². The Morgan fingerprint density at radius 3 is 0.755 bits per heavy atom. The Labute approximate surface area is 576 Å². The number of hydrogen-bond donors (Lipinski definition) is 0. The second kappa shape index (κ2) is 40.3. The topological polar surface area (TPSA) is 65.3 Å². The third-order valence-electron chi connectivity index (χ3n) is 14.0. The highest BCUT2D eigenvalue weighted by Crippen LogP contribution is 2.52. The molecule has 0 N–H and O–H groups in total. The first-order valence-electron chi connectivity index (χ1n) is 33.0. The Kier molecular flexibility index (Phi) is 34.4. The molecule has 0 aliphatic carbocycles. The van der Waals surface area contributed by atoms with Crippen molar-refractivity contribution >= 4 is 122 Å². The summed E-state index contributed by atoms with van der Waals surface area (Å²) in [5.41, 5.74) is 6.13. The van der Waals surface area contributed by atoms with Crippen molar-refractivity contribution in [2.45, 2.75) is 144 Å². The maximum atomic E-state index is 5.42. The van der Waals surface area contributed by atoms with Gasteiger partial charge in [0.05, 0.1) is 22.3 Å². The molecule has 1 spiro atoms. The lowest BCUT2D eigenvalue weighted by Gasteiger charge is -2.40. The molecule has 12 heteroatoms. The first kappa shape index (κ1) is 80.2. The van der Waals surface area contributed by atoms with Gasteiger partial charge in [0.15, 0.2) is 0 Å². The van der Waals surface area contributed by atoms with E-state index in [1.165, 1.54) is 19.6 Å². The summed E-state index contributed by atoms with van der Waals surface area (Å²) in [5, 5.41) is 4.33. The zero-order chi connectivity index (χ0) is 69.0. The van der Waals surface area contributed by atoms with Crippen molar-refractivity contribution in [2.24, 2.45) is 20.0 Å². The normalized spacial score (nSPS) is 13.5. The van der Waals surface area contributed by atoms with Gasteiger partial charge in [-0.3, -0.25) is 0 Å². The smallest absolute Gasteiger partial charge is 0.192 e. The molecule has 0 bridgehead atoms. The summed E-state index contributed by atoms with van der Waals surface area (Å²) in [4.78, 5) is 27.0. The molecule has 0 radical (unpaired) electrons. The molecule has 8 heterocycles. The van der Waals surface area contributed by atoms with E-state index in [-0.39, 0.29) is 49.4 Å². The van der Waals surface area contributed by atoms with E-state index in [1.807, 2.05) is 184 Å². The Bertz CT molecular complexity index is 4010. The van der Waals surface area contributed by atoms with Crippen LogP contribution in [0.3, 0.4) is 0 Å². The summed E-state index contributed by atoms with van der Waals surface area (Å²) < 4.78 is 9.32. The number of aliphatic imine (C=N–C) groups is 2. The molecule has 6 aliphatic rings. The average Bonchev–Trinajstić information content (AvgIpc) is 1.45. The number of aromatic nitrogens is 2. The molecule has 498 valence electrons. The van der Waals surface area contributed by atoms with Crippen LogP contribution in [0.25, 0.3) is 21.5 Å². The molecule has 2 aromatic heterocycles. The van der Waals surface area contributed by atoms with Crippen molar-refractivity contribution in [2.75, 3.05) is 25.0 Å². The van der Waals surface area contributed by atoms with Crippen LogP contribution in [0.2, 0.25) is 0 Å². The number of amidine groups is 4. The van der Waals surface area contributed by atoms with Crippen molar-refractivity contribution in [3.8, 4) is 0 Å². The maximum Gasteiger partial charge on any atom is 0.404 e. The van der Waals surface area contributed by atoms with E-state index in [9.17, 15) is 0 Å². The van der Waals surface area contributed by atoms with Crippen LogP contribution < -0.4 is 11.0 Å². The van der Waals surface area contributed by atoms with Crippen LogP contribution in [-0.2, 0) is 5.91 Å². The van der Waals surface area contributed by atoms with Gasteiger partial charge >= 0.3 is 5.91 Å². The van der Waals surface area contributed by atoms with Gasteiger partial charge in [-0.2, -0.15) is 51.1 Å². The highest BCUT2D eigenvalue weighted by atomic mass is 32.2. The fourth-order valence-corrected chi connectivity index (χ4v) is 13.0. The molecule has 4 atom stereocenters. The number of benzene rings is 8. The lowest BCUT2D eigenvalue weighted by Crippen LogP contribution is -2.71. The highest BCUT2D eigenvalue weighted by molar-refractivity contribution is 8.14. The maximum absolute atomic E-state index is 5.42. The van der Waals surface area contributed by atoms with Crippen molar-refractivity contribution in [3.63, 3.8) is 0 Å². The fraction of sp³-hybridized carbons (Fsp3) is 0.268. The van der Waals surface area contributed by atoms with Crippen LogP contribution in [0.4, 0.5) is 11.6 Å². The van der Waals surface area contributed by atoms with Gasteiger partial charge in [-0.25, -0.2) is 0 Å². The molecule has 0 amide bonds. The second-order valence-electron chi connectivity index (χ2n) is 19.0. The van der Waals surface area contributed by atoms with Crippen molar-refractivity contribution < 1.29 is 9.15 Å². The van der Waals surface area contributed by atoms with Gasteiger partial charge in [0.25, 0.3) is 23.3 Å². The monoisotopic (exact) mass is 1330 g/mol. The largest absolute Gasteiger partial charge is 0.404 e. The minimum absolute atomic E-state index is 0. The predicted molar refractivity (Wildman–Crippen MR) is 432 cm³/mol. The van der Waals surface area contributed by atoms with E-state index in [0.717, 1.165) is 89.8 Å². The first-order valence-corrected chi connectivity index (χ1v) is 40.2. The Morgan fingerprint density at radius 1 is 0.287 bits per heavy atom. The third-order valence-corrected chi connectivity index (χ3v) is 18.3. The molecule has 10 aromatic rings. The van der Waals surface area contributed by atoms with Gasteiger partial charge < -0.3 is 0 Å². The molecule has 6 aliphatic heterocycles. The molecule has 8 nitrogen and oxygen atoms in total. The molecular weight excluding hydrogens is 1230 g/mol. The lowest BCUT2D eigenvalue weighted by atomic mass is 10.1. The Morgan fingerprint density at radius 2 is 0.511 bits per heavy atom. The summed E-state index contributed by atoms with van der Waals surface area (Å²) in [6.45, 7) is 32.0. The van der Waals surface area contributed by atoms with E-state index in [0.29, 0.717) is 0 Å². The van der Waals surface area contributed by atoms with Crippen molar-refractivity contribution in [1.82, 2.24) is 9.13 Å². The van der Waals surface area contributed by atoms with E-state index in [1.54, 1.807) is 0 Å². The summed E-state index contributed by atoms with van der Waals surface area (Å²) in [7, 11) is 0.684. The van der Waals surface area contributed by atoms with E-state index in [4.69, 9.17) is 20.0 Å². The van der Waals surface area contributed by atoms with Crippen LogP contribution in [0.1, 0.15) is 140 Å². The van der Waals surface area contributed by atoms with Crippen LogP contribution in [0.5, 0.6) is 0 Å². The summed E-state index contributed by atoms with van der Waals surface area (Å²) in [6.07, 6.45) is 8.48. The fourth-order valence-electron chi connectivity index (χ4n) is 10.5.